The molecule has 0 aliphatic carbocycles. The van der Waals surface area contributed by atoms with Crippen LogP contribution in [0.15, 0.2) is 23.7 Å². The van der Waals surface area contributed by atoms with E-state index < -0.39 is 11.6 Å². The molecule has 1 fully saturated rings. The molecule has 1 unspecified atom stereocenters. The van der Waals surface area contributed by atoms with Crippen molar-refractivity contribution < 1.29 is 14.3 Å². The summed E-state index contributed by atoms with van der Waals surface area (Å²) in [7, 11) is 0. The number of ether oxygens (including phenoxy) is 1. The summed E-state index contributed by atoms with van der Waals surface area (Å²) < 4.78 is 6.59. The van der Waals surface area contributed by atoms with Gasteiger partial charge in [0.1, 0.15) is 17.4 Å². The van der Waals surface area contributed by atoms with Crippen LogP contribution in [0, 0.1) is 0 Å². The Kier molecular flexibility index (Phi) is 4.69. The van der Waals surface area contributed by atoms with Gasteiger partial charge in [0.15, 0.2) is 0 Å². The fourth-order valence-electron chi connectivity index (χ4n) is 3.19. The molecule has 0 spiro atoms. The largest absolute Gasteiger partial charge is 0.457 e. The summed E-state index contributed by atoms with van der Waals surface area (Å²) in [6.07, 6.45) is 0.510. The van der Waals surface area contributed by atoms with E-state index in [9.17, 15) is 9.59 Å². The van der Waals surface area contributed by atoms with Gasteiger partial charge in [0.2, 0.25) is 0 Å². The number of benzene rings is 1. The van der Waals surface area contributed by atoms with Crippen LogP contribution in [0.5, 0.6) is 0 Å². The van der Waals surface area contributed by atoms with Gasteiger partial charge in [0.05, 0.1) is 15.7 Å². The van der Waals surface area contributed by atoms with Gasteiger partial charge in [0, 0.05) is 19.4 Å². The van der Waals surface area contributed by atoms with Crippen molar-refractivity contribution in [3.05, 3.63) is 29.3 Å². The average Bonchev–Trinajstić information content (AvgIpc) is 2.96. The highest BCUT2D eigenvalue weighted by Crippen LogP contribution is 2.24. The highest BCUT2D eigenvalue weighted by Gasteiger charge is 2.40. The molecular formula is C18H22N2O3S. The Labute approximate surface area is 145 Å². The summed E-state index contributed by atoms with van der Waals surface area (Å²) in [5.41, 5.74) is 3.16. The Bertz CT molecular complexity index is 768. The minimum absolute atomic E-state index is 0.0460. The van der Waals surface area contributed by atoms with E-state index in [4.69, 9.17) is 4.74 Å². The van der Waals surface area contributed by atoms with Gasteiger partial charge in [0.25, 0.3) is 0 Å². The molecule has 1 atom stereocenters. The molecule has 1 aliphatic heterocycles. The summed E-state index contributed by atoms with van der Waals surface area (Å²) in [5.74, 6) is -0.249. The number of thiazole rings is 1. The van der Waals surface area contributed by atoms with E-state index >= 15 is 0 Å². The fraction of sp³-hybridized carbons (Fsp3) is 0.500. The number of aromatic nitrogens is 1. The number of carbonyl (C=O) groups excluding carboxylic acids is 2. The minimum Gasteiger partial charge on any atom is -0.457 e. The van der Waals surface area contributed by atoms with Crippen molar-refractivity contribution in [2.45, 2.75) is 45.3 Å². The highest BCUT2D eigenvalue weighted by atomic mass is 32.1. The second kappa shape index (κ2) is 6.61. The molecule has 0 saturated carbocycles. The van der Waals surface area contributed by atoms with Crippen LogP contribution in [0.4, 0.5) is 0 Å². The van der Waals surface area contributed by atoms with Crippen molar-refractivity contribution in [1.82, 2.24) is 9.88 Å². The summed E-state index contributed by atoms with van der Waals surface area (Å²) in [6.45, 7) is 7.17. The van der Waals surface area contributed by atoms with Crippen LogP contribution in [0.1, 0.15) is 32.8 Å². The maximum atomic E-state index is 12.5. The molecule has 1 aromatic heterocycles. The zero-order valence-electron chi connectivity index (χ0n) is 14.2. The van der Waals surface area contributed by atoms with E-state index in [1.165, 1.54) is 0 Å². The third-order valence-electron chi connectivity index (χ3n) is 4.30. The van der Waals surface area contributed by atoms with Gasteiger partial charge in [-0.15, -0.1) is 11.3 Å². The summed E-state index contributed by atoms with van der Waals surface area (Å²) in [5, 5.41) is 0. The number of cyclic esters (lactones) is 1. The van der Waals surface area contributed by atoms with Crippen LogP contribution < -0.4 is 0 Å². The predicted octanol–water partition coefficient (Wildman–Crippen LogP) is 2.82. The number of likely N-dealkylation sites (N-methyl/N-ethyl adjacent to an activating group) is 1. The maximum Gasteiger partial charge on any atom is 0.324 e. The second-order valence-electron chi connectivity index (χ2n) is 6.83. The Morgan fingerprint density at radius 1 is 1.46 bits per heavy atom. The lowest BCUT2D eigenvalue weighted by molar-refractivity contribution is -0.178. The van der Waals surface area contributed by atoms with Gasteiger partial charge in [-0.25, -0.2) is 4.98 Å². The van der Waals surface area contributed by atoms with Gasteiger partial charge in [-0.2, -0.15) is 0 Å². The molecule has 2 aromatic rings. The van der Waals surface area contributed by atoms with Gasteiger partial charge in [-0.1, -0.05) is 13.0 Å². The SMILES string of the molecule is CCN1CC(C)(C)OC(=O)C1CC(=O)Cc1ccc2scnc2c1. The molecule has 24 heavy (non-hydrogen) atoms. The lowest BCUT2D eigenvalue weighted by atomic mass is 9.98. The second-order valence-corrected chi connectivity index (χ2v) is 7.72. The molecule has 0 bridgehead atoms. The molecule has 0 radical (unpaired) electrons. The van der Waals surface area contributed by atoms with Crippen LogP contribution in [-0.4, -0.2) is 46.4 Å². The number of fused-ring (bicyclic) bond motifs is 1. The van der Waals surface area contributed by atoms with E-state index in [0.717, 1.165) is 22.3 Å². The van der Waals surface area contributed by atoms with Crippen molar-refractivity contribution in [2.75, 3.05) is 13.1 Å². The van der Waals surface area contributed by atoms with Crippen LogP contribution >= 0.6 is 11.3 Å². The maximum absolute atomic E-state index is 12.5. The first-order valence-corrected chi connectivity index (χ1v) is 9.06. The molecule has 0 N–H and O–H groups in total. The van der Waals surface area contributed by atoms with Crippen molar-refractivity contribution in [3.63, 3.8) is 0 Å². The Morgan fingerprint density at radius 3 is 3.00 bits per heavy atom. The smallest absolute Gasteiger partial charge is 0.324 e. The average molecular weight is 346 g/mol. The first-order chi connectivity index (χ1) is 11.4. The van der Waals surface area contributed by atoms with E-state index in [2.05, 4.69) is 4.98 Å². The van der Waals surface area contributed by atoms with Crippen molar-refractivity contribution in [1.29, 1.82) is 0 Å². The third-order valence-corrected chi connectivity index (χ3v) is 5.11. The number of morpholine rings is 1. The topological polar surface area (TPSA) is 59.5 Å². The molecule has 6 heteroatoms. The standard InChI is InChI=1S/C18H22N2O3S/c1-4-20-10-18(2,3)23-17(22)15(20)9-13(21)7-12-5-6-16-14(8-12)19-11-24-16/h5-6,8,11,15H,4,7,9-10H2,1-3H3. The number of hydrogen-bond donors (Lipinski definition) is 0. The van der Waals surface area contributed by atoms with E-state index in [0.29, 0.717) is 13.0 Å². The number of hydrogen-bond acceptors (Lipinski definition) is 6. The molecule has 1 saturated heterocycles. The zero-order chi connectivity index (χ0) is 17.3. The molecule has 3 rings (SSSR count). The molecule has 1 aromatic carbocycles. The molecule has 0 amide bonds. The molecule has 5 nitrogen and oxygen atoms in total. The van der Waals surface area contributed by atoms with Crippen molar-refractivity contribution in [2.24, 2.45) is 0 Å². The van der Waals surface area contributed by atoms with Crippen molar-refractivity contribution in [3.8, 4) is 0 Å². The van der Waals surface area contributed by atoms with E-state index in [1.807, 2.05) is 43.9 Å². The summed E-state index contributed by atoms with van der Waals surface area (Å²) >= 11 is 1.58. The van der Waals surface area contributed by atoms with Crippen LogP contribution in [0.25, 0.3) is 10.2 Å². The number of carbonyl (C=O) groups is 2. The molecule has 2 heterocycles. The Morgan fingerprint density at radius 2 is 2.25 bits per heavy atom. The highest BCUT2D eigenvalue weighted by molar-refractivity contribution is 7.16. The van der Waals surface area contributed by atoms with Gasteiger partial charge in [-0.3, -0.25) is 14.5 Å². The molecule has 128 valence electrons. The Balaban J connectivity index is 1.68. The molecular weight excluding hydrogens is 324 g/mol. The van der Waals surface area contributed by atoms with E-state index in [1.54, 1.807) is 16.8 Å². The van der Waals surface area contributed by atoms with Crippen LogP contribution in [-0.2, 0) is 20.7 Å². The lowest BCUT2D eigenvalue weighted by Crippen LogP contribution is -2.57. The first-order valence-electron chi connectivity index (χ1n) is 8.19. The van der Waals surface area contributed by atoms with Crippen molar-refractivity contribution >= 4 is 33.3 Å². The number of ketones is 1. The number of nitrogens with zero attached hydrogens (tertiary/aromatic N) is 2. The quantitative estimate of drug-likeness (QED) is 0.779. The third kappa shape index (κ3) is 3.65. The fourth-order valence-corrected chi connectivity index (χ4v) is 3.85. The first kappa shape index (κ1) is 17.0. The monoisotopic (exact) mass is 346 g/mol. The number of Topliss-reactive ketones (excluding diaryl/α,β-unsaturated/α-hetero) is 1. The summed E-state index contributed by atoms with van der Waals surface area (Å²) in [6, 6.07) is 5.42. The Hall–Kier alpha value is -1.79. The van der Waals surface area contributed by atoms with Gasteiger partial charge < -0.3 is 4.74 Å². The van der Waals surface area contributed by atoms with Crippen LogP contribution in [0.3, 0.4) is 0 Å². The lowest BCUT2D eigenvalue weighted by Gasteiger charge is -2.41. The van der Waals surface area contributed by atoms with Gasteiger partial charge >= 0.3 is 5.97 Å². The summed E-state index contributed by atoms with van der Waals surface area (Å²) in [4.78, 5) is 31.1. The van der Waals surface area contributed by atoms with Crippen LogP contribution in [0.2, 0.25) is 0 Å². The molecule has 1 aliphatic rings. The zero-order valence-corrected chi connectivity index (χ0v) is 15.1. The normalized spacial score (nSPS) is 21.0. The minimum atomic E-state index is -0.498. The van der Waals surface area contributed by atoms with Gasteiger partial charge in [-0.05, 0) is 38.1 Å². The van der Waals surface area contributed by atoms with E-state index in [-0.39, 0.29) is 18.2 Å². The number of rotatable bonds is 5. The predicted molar refractivity (Wildman–Crippen MR) is 94.2 cm³/mol. The number of esters is 1.